The molecular formula is C22H22F2N2O4. The van der Waals surface area contributed by atoms with E-state index in [0.29, 0.717) is 6.42 Å². The molecule has 2 N–H and O–H groups in total. The lowest BCUT2D eigenvalue weighted by Gasteiger charge is -2.25. The molecule has 1 aliphatic heterocycles. The number of aliphatic carboxylic acids is 1. The normalized spacial score (nSPS) is 17.1. The number of likely N-dealkylation sites (tertiary alicyclic amines) is 1. The number of carboxylic acid groups (broad SMARTS) is 1. The molecule has 1 fully saturated rings. The van der Waals surface area contributed by atoms with Crippen LogP contribution < -0.4 is 5.32 Å². The van der Waals surface area contributed by atoms with Crippen molar-refractivity contribution in [2.24, 2.45) is 0 Å². The Morgan fingerprint density at radius 2 is 1.87 bits per heavy atom. The maximum absolute atomic E-state index is 14.0. The fourth-order valence-electron chi connectivity index (χ4n) is 3.59. The molecule has 0 saturated carbocycles. The van der Waals surface area contributed by atoms with Crippen LogP contribution in [0.5, 0.6) is 0 Å². The molecule has 2 atom stereocenters. The van der Waals surface area contributed by atoms with Crippen molar-refractivity contribution in [3.8, 4) is 0 Å². The van der Waals surface area contributed by atoms with Crippen molar-refractivity contribution in [1.82, 2.24) is 10.2 Å². The Labute approximate surface area is 172 Å². The van der Waals surface area contributed by atoms with Gasteiger partial charge in [-0.05, 0) is 18.1 Å². The van der Waals surface area contributed by atoms with E-state index in [-0.39, 0.29) is 37.3 Å². The van der Waals surface area contributed by atoms with E-state index in [1.54, 1.807) is 24.3 Å². The van der Waals surface area contributed by atoms with Gasteiger partial charge >= 0.3 is 5.97 Å². The second-order valence-corrected chi connectivity index (χ2v) is 7.28. The van der Waals surface area contributed by atoms with Gasteiger partial charge in [0.1, 0.15) is 6.04 Å². The quantitative estimate of drug-likeness (QED) is 0.693. The molecule has 8 heteroatoms. The number of amides is 2. The van der Waals surface area contributed by atoms with Crippen molar-refractivity contribution < 1.29 is 28.3 Å². The molecule has 0 aromatic heterocycles. The summed E-state index contributed by atoms with van der Waals surface area (Å²) in [5.41, 5.74) is 0.799. The van der Waals surface area contributed by atoms with Gasteiger partial charge in [-0.1, -0.05) is 42.5 Å². The molecule has 0 bridgehead atoms. The minimum Gasteiger partial charge on any atom is -0.480 e. The van der Waals surface area contributed by atoms with Crippen molar-refractivity contribution in [1.29, 1.82) is 0 Å². The number of benzene rings is 2. The number of carboxylic acids is 1. The van der Waals surface area contributed by atoms with E-state index in [4.69, 9.17) is 0 Å². The monoisotopic (exact) mass is 416 g/mol. The third kappa shape index (κ3) is 5.20. The average Bonchev–Trinajstić information content (AvgIpc) is 3.05. The summed E-state index contributed by atoms with van der Waals surface area (Å²) in [7, 11) is 0. The highest BCUT2D eigenvalue weighted by Crippen LogP contribution is 2.25. The molecule has 1 aliphatic rings. The molecule has 1 unspecified atom stereocenters. The van der Waals surface area contributed by atoms with Crippen molar-refractivity contribution in [2.75, 3.05) is 0 Å². The maximum Gasteiger partial charge on any atom is 0.326 e. The maximum atomic E-state index is 14.0. The van der Waals surface area contributed by atoms with Gasteiger partial charge in [0.15, 0.2) is 11.6 Å². The summed E-state index contributed by atoms with van der Waals surface area (Å²) in [6.45, 7) is -0.146. The van der Waals surface area contributed by atoms with Crippen LogP contribution in [0.4, 0.5) is 8.78 Å². The lowest BCUT2D eigenvalue weighted by atomic mass is 10.0. The van der Waals surface area contributed by atoms with Crippen LogP contribution in [-0.2, 0) is 27.3 Å². The zero-order chi connectivity index (χ0) is 21.7. The first-order valence-corrected chi connectivity index (χ1v) is 9.63. The van der Waals surface area contributed by atoms with Gasteiger partial charge in [0.25, 0.3) is 0 Å². The summed E-state index contributed by atoms with van der Waals surface area (Å²) < 4.78 is 27.4. The Morgan fingerprint density at radius 3 is 2.57 bits per heavy atom. The Morgan fingerprint density at radius 1 is 1.13 bits per heavy atom. The first kappa shape index (κ1) is 21.4. The number of nitrogens with zero attached hydrogens (tertiary/aromatic N) is 1. The fraction of sp³-hybridized carbons (Fsp3) is 0.318. The van der Waals surface area contributed by atoms with Gasteiger partial charge in [-0.25, -0.2) is 13.6 Å². The van der Waals surface area contributed by atoms with E-state index in [0.717, 1.165) is 11.6 Å². The van der Waals surface area contributed by atoms with Gasteiger partial charge < -0.3 is 15.3 Å². The summed E-state index contributed by atoms with van der Waals surface area (Å²) >= 11 is 0. The first-order chi connectivity index (χ1) is 14.3. The van der Waals surface area contributed by atoms with Crippen LogP contribution in [0.25, 0.3) is 0 Å². The van der Waals surface area contributed by atoms with Gasteiger partial charge in [-0.2, -0.15) is 0 Å². The lowest BCUT2D eigenvalue weighted by Crippen LogP contribution is -2.45. The smallest absolute Gasteiger partial charge is 0.326 e. The molecule has 1 saturated heterocycles. The third-order valence-corrected chi connectivity index (χ3v) is 5.16. The zero-order valence-electron chi connectivity index (χ0n) is 16.2. The number of halogens is 2. The molecule has 6 nitrogen and oxygen atoms in total. The standard InChI is InChI=1S/C22H22F2N2O4/c23-17-8-4-7-15(21(17)24)13-26-16(9-10-20(26)28)12-19(27)25-18(22(29)30)11-14-5-2-1-3-6-14/h1-8,16,18H,9-13H2,(H,25,27)(H,29,30)/t16?,18-/m1/s1. The SMILES string of the molecule is O=C(CC1CCC(=O)N1Cc1cccc(F)c1F)N[C@H](Cc1ccccc1)C(=O)O. The van der Waals surface area contributed by atoms with Crippen LogP contribution in [0.2, 0.25) is 0 Å². The molecule has 0 aliphatic carbocycles. The Balaban J connectivity index is 1.64. The van der Waals surface area contributed by atoms with E-state index in [2.05, 4.69) is 5.32 Å². The number of carbonyl (C=O) groups is 3. The van der Waals surface area contributed by atoms with Crippen molar-refractivity contribution >= 4 is 17.8 Å². The van der Waals surface area contributed by atoms with Crippen molar-refractivity contribution in [3.05, 3.63) is 71.3 Å². The van der Waals surface area contributed by atoms with E-state index in [1.165, 1.54) is 17.0 Å². The highest BCUT2D eigenvalue weighted by molar-refractivity contribution is 5.85. The van der Waals surface area contributed by atoms with Gasteiger partial charge in [-0.15, -0.1) is 0 Å². The predicted molar refractivity (Wildman–Crippen MR) is 104 cm³/mol. The second-order valence-electron chi connectivity index (χ2n) is 7.28. The summed E-state index contributed by atoms with van der Waals surface area (Å²) in [4.78, 5) is 37.6. The minimum atomic E-state index is -1.16. The van der Waals surface area contributed by atoms with Gasteiger partial charge in [0.2, 0.25) is 11.8 Å². The Kier molecular flexibility index (Phi) is 6.76. The van der Waals surface area contributed by atoms with Crippen LogP contribution in [0.1, 0.15) is 30.4 Å². The van der Waals surface area contributed by atoms with E-state index >= 15 is 0 Å². The number of hydrogen-bond donors (Lipinski definition) is 2. The summed E-state index contributed by atoms with van der Waals surface area (Å²) in [6, 6.07) is 11.0. The van der Waals surface area contributed by atoms with E-state index in [1.807, 2.05) is 6.07 Å². The molecule has 30 heavy (non-hydrogen) atoms. The zero-order valence-corrected chi connectivity index (χ0v) is 16.2. The largest absolute Gasteiger partial charge is 0.480 e. The molecule has 3 rings (SSSR count). The third-order valence-electron chi connectivity index (χ3n) is 5.16. The van der Waals surface area contributed by atoms with Gasteiger partial charge in [0, 0.05) is 37.4 Å². The summed E-state index contributed by atoms with van der Waals surface area (Å²) in [5.74, 6) is -3.94. The first-order valence-electron chi connectivity index (χ1n) is 9.63. The molecule has 2 aromatic carbocycles. The van der Waals surface area contributed by atoms with Crippen LogP contribution in [0.3, 0.4) is 0 Å². The number of carbonyl (C=O) groups excluding carboxylic acids is 2. The highest BCUT2D eigenvalue weighted by Gasteiger charge is 2.34. The number of nitrogens with one attached hydrogen (secondary N) is 1. The van der Waals surface area contributed by atoms with E-state index < -0.39 is 35.6 Å². The van der Waals surface area contributed by atoms with Crippen LogP contribution in [-0.4, -0.2) is 39.9 Å². The molecule has 0 radical (unpaired) electrons. The molecule has 158 valence electrons. The average molecular weight is 416 g/mol. The lowest BCUT2D eigenvalue weighted by molar-refractivity contribution is -0.142. The summed E-state index contributed by atoms with van der Waals surface area (Å²) in [5, 5.41) is 11.9. The number of rotatable bonds is 8. The molecule has 2 aromatic rings. The molecular weight excluding hydrogens is 394 g/mol. The van der Waals surface area contributed by atoms with E-state index in [9.17, 15) is 28.3 Å². The van der Waals surface area contributed by atoms with Gasteiger partial charge in [-0.3, -0.25) is 9.59 Å². The topological polar surface area (TPSA) is 86.7 Å². The highest BCUT2D eigenvalue weighted by atomic mass is 19.2. The van der Waals surface area contributed by atoms with Crippen LogP contribution in [0, 0.1) is 11.6 Å². The second kappa shape index (κ2) is 9.47. The predicted octanol–water partition coefficient (Wildman–Crippen LogP) is 2.66. The van der Waals surface area contributed by atoms with Crippen LogP contribution in [0.15, 0.2) is 48.5 Å². The number of hydrogen-bond acceptors (Lipinski definition) is 3. The molecule has 2 amide bonds. The Bertz CT molecular complexity index is 936. The minimum absolute atomic E-state index is 0.0307. The summed E-state index contributed by atoms with van der Waals surface area (Å²) in [6.07, 6.45) is 0.603. The fourth-order valence-corrected chi connectivity index (χ4v) is 3.59. The van der Waals surface area contributed by atoms with Crippen LogP contribution >= 0.6 is 0 Å². The molecule has 0 spiro atoms. The Hall–Kier alpha value is -3.29. The van der Waals surface area contributed by atoms with Crippen molar-refractivity contribution in [3.63, 3.8) is 0 Å². The van der Waals surface area contributed by atoms with Gasteiger partial charge in [0.05, 0.1) is 0 Å². The molecule has 1 heterocycles. The van der Waals surface area contributed by atoms with Crippen molar-refractivity contribution in [2.45, 2.75) is 44.3 Å².